The minimum absolute atomic E-state index is 0.323. The molecule has 0 atom stereocenters. The third kappa shape index (κ3) is 2.44. The van der Waals surface area contributed by atoms with Gasteiger partial charge in [-0.2, -0.15) is 0 Å². The topological polar surface area (TPSA) is 34.1 Å². The molecule has 0 fully saturated rings. The van der Waals surface area contributed by atoms with Crippen molar-refractivity contribution in [2.45, 2.75) is 33.0 Å². The average molecular weight is 218 g/mol. The van der Waals surface area contributed by atoms with Crippen molar-refractivity contribution in [3.05, 3.63) is 10.8 Å². The quantitative estimate of drug-likeness (QED) is 0.664. The maximum absolute atomic E-state index is 11.4. The Morgan fingerprint density at radius 1 is 1.23 bits per heavy atom. The van der Waals surface area contributed by atoms with Gasteiger partial charge in [-0.1, -0.05) is 37.3 Å². The maximum atomic E-state index is 11.4. The van der Waals surface area contributed by atoms with Crippen molar-refractivity contribution in [1.82, 2.24) is 0 Å². The van der Waals surface area contributed by atoms with Gasteiger partial charge in [0.05, 0.1) is 19.6 Å². The van der Waals surface area contributed by atoms with Gasteiger partial charge in [0, 0.05) is 0 Å². The lowest BCUT2D eigenvalue weighted by Crippen LogP contribution is -2.26. The van der Waals surface area contributed by atoms with Crippen molar-refractivity contribution in [3.63, 3.8) is 0 Å². The van der Waals surface area contributed by atoms with Gasteiger partial charge in [0.25, 0.3) is 0 Å². The van der Waals surface area contributed by atoms with Gasteiger partial charge < -0.3 is 0 Å². The van der Waals surface area contributed by atoms with E-state index >= 15 is 0 Å². The van der Waals surface area contributed by atoms with Gasteiger partial charge in [-0.3, -0.25) is 0 Å². The molecule has 0 aromatic carbocycles. The standard InChI is InChI=1S/C9H18O2SSi/c1-5-8-6-12(10,11)7-9(8)13(2,3)4/h5-7H2,1-4H3. The monoisotopic (exact) mass is 218 g/mol. The molecular formula is C9H18O2SSi. The first kappa shape index (κ1) is 11.0. The summed E-state index contributed by atoms with van der Waals surface area (Å²) in [7, 11) is -4.18. The molecule has 0 radical (unpaired) electrons. The molecule has 1 aliphatic heterocycles. The molecule has 4 heteroatoms. The molecule has 0 bridgehead atoms. The summed E-state index contributed by atoms with van der Waals surface area (Å²) in [5, 5.41) is 1.27. The smallest absolute Gasteiger partial charge is 0.157 e. The lowest BCUT2D eigenvalue weighted by Gasteiger charge is -2.18. The molecule has 1 rings (SSSR count). The molecule has 0 saturated carbocycles. The Morgan fingerprint density at radius 3 is 2.08 bits per heavy atom. The zero-order valence-corrected chi connectivity index (χ0v) is 10.7. The maximum Gasteiger partial charge on any atom is 0.157 e. The summed E-state index contributed by atoms with van der Waals surface area (Å²) in [6.07, 6.45) is 0.902. The molecule has 0 unspecified atom stereocenters. The Hall–Kier alpha value is -0.0931. The second-order valence-electron chi connectivity index (χ2n) is 4.72. The summed E-state index contributed by atoms with van der Waals surface area (Å²) in [6.45, 7) is 8.72. The highest BCUT2D eigenvalue weighted by Crippen LogP contribution is 2.29. The normalized spacial score (nSPS) is 22.5. The van der Waals surface area contributed by atoms with Gasteiger partial charge in [0.15, 0.2) is 9.84 Å². The molecule has 0 saturated heterocycles. The highest BCUT2D eigenvalue weighted by atomic mass is 32.2. The zero-order chi connectivity index (χ0) is 10.3. The summed E-state index contributed by atoms with van der Waals surface area (Å²) in [5.74, 6) is 0.662. The van der Waals surface area contributed by atoms with Gasteiger partial charge in [-0.05, 0) is 6.42 Å². The Morgan fingerprint density at radius 2 is 1.77 bits per heavy atom. The van der Waals surface area contributed by atoms with Gasteiger partial charge >= 0.3 is 0 Å². The van der Waals surface area contributed by atoms with Crippen LogP contribution in [0.4, 0.5) is 0 Å². The second kappa shape index (κ2) is 3.24. The molecule has 1 heterocycles. The molecule has 13 heavy (non-hydrogen) atoms. The molecular weight excluding hydrogens is 200 g/mol. The fourth-order valence-electron chi connectivity index (χ4n) is 1.79. The lowest BCUT2D eigenvalue weighted by atomic mass is 10.2. The van der Waals surface area contributed by atoms with E-state index in [9.17, 15) is 8.42 Å². The van der Waals surface area contributed by atoms with E-state index in [-0.39, 0.29) is 0 Å². The molecule has 0 N–H and O–H groups in total. The third-order valence-corrected chi connectivity index (χ3v) is 6.63. The molecule has 0 aliphatic carbocycles. The summed E-state index contributed by atoms with van der Waals surface area (Å²) in [4.78, 5) is 0. The Bertz CT molecular complexity index is 333. The lowest BCUT2D eigenvalue weighted by molar-refractivity contribution is 0.602. The first-order chi connectivity index (χ1) is 5.76. The van der Waals surface area contributed by atoms with Gasteiger partial charge in [-0.25, -0.2) is 8.42 Å². The molecule has 1 aliphatic rings. The van der Waals surface area contributed by atoms with Crippen molar-refractivity contribution in [3.8, 4) is 0 Å². The van der Waals surface area contributed by atoms with Crippen LogP contribution in [0, 0.1) is 0 Å². The molecule has 76 valence electrons. The van der Waals surface area contributed by atoms with Gasteiger partial charge in [-0.15, -0.1) is 0 Å². The fraction of sp³-hybridized carbons (Fsp3) is 0.778. The van der Waals surface area contributed by atoms with E-state index in [0.717, 1.165) is 6.42 Å². The molecule has 2 nitrogen and oxygen atoms in total. The van der Waals surface area contributed by atoms with Crippen LogP contribution >= 0.6 is 0 Å². The van der Waals surface area contributed by atoms with Crippen LogP contribution in [0.15, 0.2) is 10.8 Å². The minimum Gasteiger partial charge on any atom is -0.228 e. The molecule has 0 aromatic rings. The zero-order valence-electron chi connectivity index (χ0n) is 8.85. The number of rotatable bonds is 2. The van der Waals surface area contributed by atoms with E-state index < -0.39 is 17.9 Å². The van der Waals surface area contributed by atoms with E-state index in [2.05, 4.69) is 26.6 Å². The van der Waals surface area contributed by atoms with Crippen molar-refractivity contribution in [2.24, 2.45) is 0 Å². The average Bonchev–Trinajstić information content (AvgIpc) is 2.24. The number of sulfone groups is 1. The molecule has 0 amide bonds. The number of hydrogen-bond acceptors (Lipinski definition) is 2. The van der Waals surface area contributed by atoms with E-state index in [0.29, 0.717) is 11.5 Å². The van der Waals surface area contributed by atoms with Crippen LogP contribution < -0.4 is 0 Å². The second-order valence-corrected chi connectivity index (χ2v) is 11.9. The largest absolute Gasteiger partial charge is 0.228 e. The summed E-state index contributed by atoms with van der Waals surface area (Å²) < 4.78 is 22.9. The Kier molecular flexibility index (Phi) is 2.74. The van der Waals surface area contributed by atoms with Crippen LogP contribution in [0.1, 0.15) is 13.3 Å². The van der Waals surface area contributed by atoms with Crippen molar-refractivity contribution in [1.29, 1.82) is 0 Å². The highest BCUT2D eigenvalue weighted by Gasteiger charge is 2.33. The first-order valence-electron chi connectivity index (χ1n) is 4.68. The van der Waals surface area contributed by atoms with Crippen molar-refractivity contribution < 1.29 is 8.42 Å². The number of hydrogen-bond donors (Lipinski definition) is 0. The summed E-state index contributed by atoms with van der Waals surface area (Å²) in [6, 6.07) is 0. The Labute approximate surface area is 82.0 Å². The Balaban J connectivity index is 3.07. The van der Waals surface area contributed by atoms with Crippen LogP contribution in [0.5, 0.6) is 0 Å². The van der Waals surface area contributed by atoms with Crippen LogP contribution in [-0.4, -0.2) is 28.0 Å². The molecule has 0 spiro atoms. The van der Waals surface area contributed by atoms with Crippen LogP contribution in [-0.2, 0) is 9.84 Å². The van der Waals surface area contributed by atoms with Crippen LogP contribution in [0.3, 0.4) is 0 Å². The van der Waals surface area contributed by atoms with E-state index in [1.807, 2.05) is 0 Å². The first-order valence-corrected chi connectivity index (χ1v) is 10.00. The van der Waals surface area contributed by atoms with Gasteiger partial charge in [0.2, 0.25) is 0 Å². The third-order valence-electron chi connectivity index (χ3n) is 2.52. The highest BCUT2D eigenvalue weighted by molar-refractivity contribution is 7.92. The van der Waals surface area contributed by atoms with Crippen LogP contribution in [0.2, 0.25) is 19.6 Å². The summed E-state index contributed by atoms with van der Waals surface area (Å²) >= 11 is 0. The van der Waals surface area contributed by atoms with E-state index in [4.69, 9.17) is 0 Å². The van der Waals surface area contributed by atoms with E-state index in [1.54, 1.807) is 0 Å². The fourth-order valence-corrected chi connectivity index (χ4v) is 7.29. The summed E-state index contributed by atoms with van der Waals surface area (Å²) in [5.41, 5.74) is 1.19. The predicted molar refractivity (Wildman–Crippen MR) is 59.3 cm³/mol. The molecule has 0 aromatic heterocycles. The predicted octanol–water partition coefficient (Wildman–Crippen LogP) is 2.00. The van der Waals surface area contributed by atoms with Gasteiger partial charge in [0.1, 0.15) is 0 Å². The van der Waals surface area contributed by atoms with Crippen LogP contribution in [0.25, 0.3) is 0 Å². The minimum atomic E-state index is -2.78. The van der Waals surface area contributed by atoms with E-state index in [1.165, 1.54) is 10.8 Å². The van der Waals surface area contributed by atoms with Crippen molar-refractivity contribution in [2.75, 3.05) is 11.5 Å². The van der Waals surface area contributed by atoms with Crippen molar-refractivity contribution >= 4 is 17.9 Å². The SMILES string of the molecule is CCC1=C([Si](C)(C)C)CS(=O)(=O)C1.